The summed E-state index contributed by atoms with van der Waals surface area (Å²) in [7, 11) is 0. The van der Waals surface area contributed by atoms with E-state index in [4.69, 9.17) is 0 Å². The Morgan fingerprint density at radius 3 is 2.48 bits per heavy atom. The Kier molecular flexibility index (Phi) is 5.26. The average molecular weight is 360 g/mol. The molecule has 1 amide bonds. The van der Waals surface area contributed by atoms with Crippen LogP contribution in [0.25, 0.3) is 6.08 Å². The number of aryl methyl sites for hydroxylation is 1. The van der Waals surface area contributed by atoms with Crippen molar-refractivity contribution < 1.29 is 9.90 Å². The van der Waals surface area contributed by atoms with E-state index >= 15 is 0 Å². The Bertz CT molecular complexity index is 954. The minimum Gasteiger partial charge on any atom is -0.508 e. The fraction of sp³-hybridized carbons (Fsp3) is 0.217. The van der Waals surface area contributed by atoms with Crippen molar-refractivity contribution in [2.45, 2.75) is 33.6 Å². The number of phenols is 1. The maximum absolute atomic E-state index is 12.4. The molecule has 3 rings (SSSR count). The van der Waals surface area contributed by atoms with Crippen LogP contribution >= 0.6 is 0 Å². The maximum atomic E-state index is 12.4. The first-order valence-electron chi connectivity index (χ1n) is 9.05. The monoisotopic (exact) mass is 360 g/mol. The second-order valence-corrected chi connectivity index (χ2v) is 6.97. The number of anilines is 1. The highest BCUT2D eigenvalue weighted by atomic mass is 16.3. The molecule has 1 aliphatic rings. The topological polar surface area (TPSA) is 52.9 Å². The number of aliphatic imine (C=N–C) groups is 1. The molecule has 4 nitrogen and oxygen atoms in total. The quantitative estimate of drug-likeness (QED) is 0.764. The van der Waals surface area contributed by atoms with Gasteiger partial charge in [-0.1, -0.05) is 56.3 Å². The first-order valence-corrected chi connectivity index (χ1v) is 9.05. The number of hydrogen-bond acceptors (Lipinski definition) is 3. The molecular weight excluding hydrogens is 336 g/mol. The smallest absolute Gasteiger partial charge is 0.295 e. The van der Waals surface area contributed by atoms with Gasteiger partial charge in [0, 0.05) is 0 Å². The highest BCUT2D eigenvalue weighted by molar-refractivity contribution is 6.20. The molecule has 0 fully saturated rings. The number of benzene rings is 2. The minimum absolute atomic E-state index is 0.172. The summed E-state index contributed by atoms with van der Waals surface area (Å²) in [5.41, 5.74) is 4.17. The largest absolute Gasteiger partial charge is 0.508 e. The van der Waals surface area contributed by atoms with Gasteiger partial charge in [-0.05, 0) is 54.7 Å². The standard InChI is InChI=1S/C23H24N2O2/c1-15(2)19-14-21(16(3)13-22(19)26)25-17(4)24-23(27)20(25)12-8-11-18-9-6-5-7-10-18/h5-15,26H,1-4H3/b11-8+,20-12?. The zero-order valence-electron chi connectivity index (χ0n) is 16.1. The van der Waals surface area contributed by atoms with Crippen LogP contribution in [0.15, 0.2) is 65.3 Å². The Balaban J connectivity index is 2.01. The molecule has 0 spiro atoms. The van der Waals surface area contributed by atoms with Crippen LogP contribution in [0.5, 0.6) is 5.75 Å². The third-order valence-corrected chi connectivity index (χ3v) is 4.60. The van der Waals surface area contributed by atoms with Gasteiger partial charge in [0.1, 0.15) is 17.3 Å². The summed E-state index contributed by atoms with van der Waals surface area (Å²) < 4.78 is 0. The van der Waals surface area contributed by atoms with Gasteiger partial charge in [-0.3, -0.25) is 9.69 Å². The Hall–Kier alpha value is -3.14. The van der Waals surface area contributed by atoms with E-state index in [2.05, 4.69) is 4.99 Å². The summed E-state index contributed by atoms with van der Waals surface area (Å²) in [6, 6.07) is 13.6. The molecule has 0 saturated heterocycles. The minimum atomic E-state index is -0.260. The lowest BCUT2D eigenvalue weighted by Gasteiger charge is -2.23. The Morgan fingerprint density at radius 1 is 1.11 bits per heavy atom. The molecule has 27 heavy (non-hydrogen) atoms. The predicted octanol–water partition coefficient (Wildman–Crippen LogP) is 5.19. The third-order valence-electron chi connectivity index (χ3n) is 4.60. The van der Waals surface area contributed by atoms with Gasteiger partial charge in [0.05, 0.1) is 5.69 Å². The number of amidine groups is 1. The third kappa shape index (κ3) is 3.85. The van der Waals surface area contributed by atoms with Crippen LogP contribution in [0.1, 0.15) is 43.4 Å². The Labute approximate surface area is 160 Å². The van der Waals surface area contributed by atoms with Crippen molar-refractivity contribution >= 4 is 23.5 Å². The summed E-state index contributed by atoms with van der Waals surface area (Å²) in [4.78, 5) is 18.4. The molecule has 0 aliphatic carbocycles. The molecule has 1 N–H and O–H groups in total. The van der Waals surface area contributed by atoms with Gasteiger partial charge < -0.3 is 5.11 Å². The first-order chi connectivity index (χ1) is 12.9. The number of rotatable bonds is 4. The molecule has 0 saturated carbocycles. The predicted molar refractivity (Wildman–Crippen MR) is 111 cm³/mol. The number of carbonyl (C=O) groups is 1. The van der Waals surface area contributed by atoms with E-state index in [1.807, 2.05) is 81.1 Å². The van der Waals surface area contributed by atoms with Gasteiger partial charge in [-0.15, -0.1) is 0 Å². The lowest BCUT2D eigenvalue weighted by atomic mass is 9.98. The van der Waals surface area contributed by atoms with Crippen LogP contribution in [-0.2, 0) is 4.79 Å². The van der Waals surface area contributed by atoms with Crippen LogP contribution in [0.3, 0.4) is 0 Å². The first kappa shape index (κ1) is 18.6. The second kappa shape index (κ2) is 7.62. The summed E-state index contributed by atoms with van der Waals surface area (Å²) >= 11 is 0. The van der Waals surface area contributed by atoms with E-state index in [1.165, 1.54) is 0 Å². The van der Waals surface area contributed by atoms with Gasteiger partial charge >= 0.3 is 0 Å². The van der Waals surface area contributed by atoms with Crippen molar-refractivity contribution in [2.75, 3.05) is 4.90 Å². The van der Waals surface area contributed by atoms with Crippen LogP contribution in [-0.4, -0.2) is 16.8 Å². The number of hydrogen-bond donors (Lipinski definition) is 1. The second-order valence-electron chi connectivity index (χ2n) is 6.97. The van der Waals surface area contributed by atoms with Crippen LogP contribution in [0.4, 0.5) is 5.69 Å². The highest BCUT2D eigenvalue weighted by Crippen LogP contribution is 2.36. The van der Waals surface area contributed by atoms with Gasteiger partial charge in [0.2, 0.25) is 0 Å². The average Bonchev–Trinajstić information content (AvgIpc) is 2.89. The number of phenolic OH excluding ortho intramolecular Hbond substituents is 1. The number of amides is 1. The molecular formula is C23H24N2O2. The molecule has 4 heteroatoms. The molecule has 1 aliphatic heterocycles. The van der Waals surface area contributed by atoms with Gasteiger partial charge in [0.25, 0.3) is 5.91 Å². The van der Waals surface area contributed by atoms with Crippen molar-refractivity contribution in [2.24, 2.45) is 4.99 Å². The van der Waals surface area contributed by atoms with Gasteiger partial charge in [-0.25, -0.2) is 0 Å². The fourth-order valence-corrected chi connectivity index (χ4v) is 3.19. The van der Waals surface area contributed by atoms with E-state index in [9.17, 15) is 9.90 Å². The van der Waals surface area contributed by atoms with E-state index in [0.717, 1.165) is 22.4 Å². The molecule has 1 heterocycles. The highest BCUT2D eigenvalue weighted by Gasteiger charge is 2.29. The zero-order chi connectivity index (χ0) is 19.6. The Morgan fingerprint density at radius 2 is 1.81 bits per heavy atom. The summed E-state index contributed by atoms with van der Waals surface area (Å²) in [6.07, 6.45) is 5.61. The molecule has 0 unspecified atom stereocenters. The number of aromatic hydroxyl groups is 1. The van der Waals surface area contributed by atoms with Crippen LogP contribution in [0.2, 0.25) is 0 Å². The van der Waals surface area contributed by atoms with Gasteiger partial charge in [0.15, 0.2) is 0 Å². The van der Waals surface area contributed by atoms with Crippen molar-refractivity contribution in [3.8, 4) is 5.75 Å². The van der Waals surface area contributed by atoms with Crippen LogP contribution in [0, 0.1) is 6.92 Å². The fourth-order valence-electron chi connectivity index (χ4n) is 3.19. The molecule has 0 bridgehead atoms. The SMILES string of the molecule is CC1=NC(=O)C(=C/C=C/c2ccccc2)N1c1cc(C(C)C)c(O)cc1C. The van der Waals surface area contributed by atoms with E-state index in [1.54, 1.807) is 12.1 Å². The maximum Gasteiger partial charge on any atom is 0.295 e. The van der Waals surface area contributed by atoms with Crippen molar-refractivity contribution in [3.63, 3.8) is 0 Å². The van der Waals surface area contributed by atoms with Gasteiger partial charge in [-0.2, -0.15) is 4.99 Å². The van der Waals surface area contributed by atoms with Crippen molar-refractivity contribution in [1.82, 2.24) is 0 Å². The molecule has 138 valence electrons. The van der Waals surface area contributed by atoms with Crippen LogP contribution < -0.4 is 4.90 Å². The van der Waals surface area contributed by atoms with Crippen molar-refractivity contribution in [3.05, 3.63) is 77.0 Å². The van der Waals surface area contributed by atoms with E-state index < -0.39 is 0 Å². The van der Waals surface area contributed by atoms with Crippen molar-refractivity contribution in [1.29, 1.82) is 0 Å². The number of carbonyl (C=O) groups excluding carboxylic acids is 1. The molecule has 0 atom stereocenters. The number of nitrogens with zero attached hydrogens (tertiary/aromatic N) is 2. The van der Waals surface area contributed by atoms with E-state index in [0.29, 0.717) is 11.5 Å². The summed E-state index contributed by atoms with van der Waals surface area (Å²) in [5.74, 6) is 0.817. The molecule has 0 radical (unpaired) electrons. The lowest BCUT2D eigenvalue weighted by Crippen LogP contribution is -2.25. The number of allylic oxidation sites excluding steroid dienone is 2. The summed E-state index contributed by atoms with van der Waals surface area (Å²) in [5, 5.41) is 10.2. The lowest BCUT2D eigenvalue weighted by molar-refractivity contribution is -0.113. The van der Waals surface area contributed by atoms with E-state index in [-0.39, 0.29) is 17.6 Å². The molecule has 0 aromatic heterocycles. The molecule has 2 aromatic rings. The summed E-state index contributed by atoms with van der Waals surface area (Å²) in [6.45, 7) is 7.81. The molecule has 2 aromatic carbocycles. The zero-order valence-corrected chi connectivity index (χ0v) is 16.1. The normalized spacial score (nSPS) is 16.0.